The van der Waals surface area contributed by atoms with Crippen molar-refractivity contribution in [3.63, 3.8) is 0 Å². The van der Waals surface area contributed by atoms with Crippen molar-refractivity contribution in [3.8, 4) is 0 Å². The summed E-state index contributed by atoms with van der Waals surface area (Å²) in [5, 5.41) is 6.29. The molecule has 1 amide bonds. The zero-order valence-electron chi connectivity index (χ0n) is 11.1. The Labute approximate surface area is 108 Å². The molecule has 1 aliphatic heterocycles. The smallest absolute Gasteiger partial charge is 0.227 e. The summed E-state index contributed by atoms with van der Waals surface area (Å²) in [6, 6.07) is 5.87. The molecular weight excluding hydrogens is 226 g/mol. The molecule has 2 N–H and O–H groups in total. The number of rotatable bonds is 4. The lowest BCUT2D eigenvalue weighted by molar-refractivity contribution is -0.130. The molecule has 0 spiro atoms. The van der Waals surface area contributed by atoms with Gasteiger partial charge in [0.25, 0.3) is 0 Å². The van der Waals surface area contributed by atoms with Crippen molar-refractivity contribution in [2.45, 2.75) is 33.2 Å². The normalized spacial score (nSPS) is 23.0. The van der Waals surface area contributed by atoms with Crippen molar-refractivity contribution in [1.82, 2.24) is 15.6 Å². The summed E-state index contributed by atoms with van der Waals surface area (Å²) in [4.78, 5) is 16.7. The van der Waals surface area contributed by atoms with E-state index in [1.165, 1.54) is 0 Å². The minimum Gasteiger partial charge on any atom is -0.350 e. The van der Waals surface area contributed by atoms with Crippen LogP contribution in [0.25, 0.3) is 0 Å². The van der Waals surface area contributed by atoms with E-state index in [4.69, 9.17) is 0 Å². The predicted octanol–water partition coefficient (Wildman–Crippen LogP) is 1.40. The van der Waals surface area contributed by atoms with Crippen molar-refractivity contribution >= 4 is 5.91 Å². The number of hydrogen-bond acceptors (Lipinski definition) is 3. The minimum atomic E-state index is -0.218. The van der Waals surface area contributed by atoms with Crippen LogP contribution in [0.2, 0.25) is 0 Å². The first kappa shape index (κ1) is 13.0. The van der Waals surface area contributed by atoms with E-state index < -0.39 is 0 Å². The molecule has 1 unspecified atom stereocenters. The maximum Gasteiger partial charge on any atom is 0.227 e. The van der Waals surface area contributed by atoms with Crippen LogP contribution < -0.4 is 10.6 Å². The summed E-state index contributed by atoms with van der Waals surface area (Å²) in [5.41, 5.74) is 1.68. The van der Waals surface area contributed by atoms with Gasteiger partial charge in [-0.1, -0.05) is 13.0 Å². The van der Waals surface area contributed by atoms with Crippen molar-refractivity contribution in [2.24, 2.45) is 5.41 Å². The molecule has 0 aliphatic carbocycles. The third kappa shape index (κ3) is 2.70. The number of nitrogens with zero attached hydrogens (tertiary/aromatic N) is 1. The first-order valence-corrected chi connectivity index (χ1v) is 6.58. The molecule has 98 valence electrons. The molecule has 4 heteroatoms. The van der Waals surface area contributed by atoms with Crippen molar-refractivity contribution < 1.29 is 4.79 Å². The van der Waals surface area contributed by atoms with E-state index in [-0.39, 0.29) is 11.3 Å². The van der Waals surface area contributed by atoms with Crippen molar-refractivity contribution in [1.29, 1.82) is 0 Å². The molecule has 2 rings (SSSR count). The number of aromatic nitrogens is 1. The van der Waals surface area contributed by atoms with Crippen LogP contribution in [0.1, 0.15) is 31.2 Å². The first-order chi connectivity index (χ1) is 8.66. The Morgan fingerprint density at radius 1 is 1.56 bits per heavy atom. The van der Waals surface area contributed by atoms with E-state index in [0.717, 1.165) is 37.3 Å². The van der Waals surface area contributed by atoms with Gasteiger partial charge in [0.05, 0.1) is 17.7 Å². The van der Waals surface area contributed by atoms with Crippen LogP contribution in [0.3, 0.4) is 0 Å². The molecule has 1 fully saturated rings. The number of hydrogen-bond donors (Lipinski definition) is 2. The molecule has 1 aromatic heterocycles. The van der Waals surface area contributed by atoms with Crippen LogP contribution in [0.15, 0.2) is 18.2 Å². The van der Waals surface area contributed by atoms with E-state index in [1.807, 2.05) is 25.1 Å². The minimum absolute atomic E-state index is 0.151. The number of carbonyl (C=O) groups is 1. The van der Waals surface area contributed by atoms with Gasteiger partial charge in [-0.05, 0) is 38.4 Å². The van der Waals surface area contributed by atoms with Gasteiger partial charge in [0.2, 0.25) is 5.91 Å². The standard InChI is InChI=1S/C14H21N3O/c1-3-14(7-8-15-10-14)13(18)16-9-12-6-4-5-11(2)17-12/h4-6,15H,3,7-10H2,1-2H3,(H,16,18). The molecule has 0 bridgehead atoms. The predicted molar refractivity (Wildman–Crippen MR) is 71.0 cm³/mol. The molecular formula is C14H21N3O. The highest BCUT2D eigenvalue weighted by Gasteiger charge is 2.39. The Bertz CT molecular complexity index is 425. The summed E-state index contributed by atoms with van der Waals surface area (Å²) in [7, 11) is 0. The van der Waals surface area contributed by atoms with Gasteiger partial charge < -0.3 is 10.6 Å². The highest BCUT2D eigenvalue weighted by atomic mass is 16.2. The number of aryl methyl sites for hydroxylation is 1. The molecule has 2 heterocycles. The van der Waals surface area contributed by atoms with Crippen LogP contribution in [0.4, 0.5) is 0 Å². The Kier molecular flexibility index (Phi) is 3.97. The summed E-state index contributed by atoms with van der Waals surface area (Å²) in [6.45, 7) is 6.28. The van der Waals surface area contributed by atoms with Crippen LogP contribution >= 0.6 is 0 Å². The molecule has 18 heavy (non-hydrogen) atoms. The summed E-state index contributed by atoms with van der Waals surface area (Å²) >= 11 is 0. The third-order valence-electron chi connectivity index (χ3n) is 3.78. The molecule has 1 saturated heterocycles. The van der Waals surface area contributed by atoms with Crippen LogP contribution in [-0.2, 0) is 11.3 Å². The first-order valence-electron chi connectivity index (χ1n) is 6.58. The Morgan fingerprint density at radius 3 is 3.00 bits per heavy atom. The zero-order chi connectivity index (χ0) is 13.0. The Morgan fingerprint density at radius 2 is 2.39 bits per heavy atom. The molecule has 1 aliphatic rings. The lowest BCUT2D eigenvalue weighted by Gasteiger charge is -2.25. The topological polar surface area (TPSA) is 54.0 Å². The lowest BCUT2D eigenvalue weighted by atomic mass is 9.83. The fourth-order valence-corrected chi connectivity index (χ4v) is 2.46. The van der Waals surface area contributed by atoms with Gasteiger partial charge in [-0.2, -0.15) is 0 Å². The molecule has 1 aromatic rings. The van der Waals surface area contributed by atoms with E-state index in [1.54, 1.807) is 0 Å². The molecule has 0 aromatic carbocycles. The summed E-state index contributed by atoms with van der Waals surface area (Å²) in [6.07, 6.45) is 1.81. The summed E-state index contributed by atoms with van der Waals surface area (Å²) in [5.74, 6) is 0.151. The highest BCUT2D eigenvalue weighted by Crippen LogP contribution is 2.29. The van der Waals surface area contributed by atoms with Gasteiger partial charge in [0.1, 0.15) is 0 Å². The molecule has 0 saturated carbocycles. The van der Waals surface area contributed by atoms with Crippen LogP contribution in [0, 0.1) is 12.3 Å². The van der Waals surface area contributed by atoms with Crippen LogP contribution in [-0.4, -0.2) is 24.0 Å². The van der Waals surface area contributed by atoms with Crippen LogP contribution in [0.5, 0.6) is 0 Å². The lowest BCUT2D eigenvalue weighted by Crippen LogP contribution is -2.41. The highest BCUT2D eigenvalue weighted by molar-refractivity contribution is 5.83. The number of amides is 1. The average Bonchev–Trinajstić information content (AvgIpc) is 2.86. The number of nitrogens with one attached hydrogen (secondary N) is 2. The summed E-state index contributed by atoms with van der Waals surface area (Å²) < 4.78 is 0. The maximum atomic E-state index is 12.3. The SMILES string of the molecule is CCC1(C(=O)NCc2cccc(C)n2)CCNC1. The average molecular weight is 247 g/mol. The second-order valence-corrected chi connectivity index (χ2v) is 5.01. The molecule has 0 radical (unpaired) electrons. The van der Waals surface area contributed by atoms with Gasteiger partial charge in [0, 0.05) is 12.2 Å². The monoisotopic (exact) mass is 247 g/mol. The van der Waals surface area contributed by atoms with Gasteiger partial charge in [-0.15, -0.1) is 0 Å². The van der Waals surface area contributed by atoms with Gasteiger partial charge in [0.15, 0.2) is 0 Å². The van der Waals surface area contributed by atoms with Gasteiger partial charge in [-0.3, -0.25) is 9.78 Å². The van der Waals surface area contributed by atoms with E-state index in [9.17, 15) is 4.79 Å². The fraction of sp³-hybridized carbons (Fsp3) is 0.571. The number of carbonyl (C=O) groups excluding carboxylic acids is 1. The third-order valence-corrected chi connectivity index (χ3v) is 3.78. The van der Waals surface area contributed by atoms with E-state index in [0.29, 0.717) is 6.54 Å². The number of pyridine rings is 1. The van der Waals surface area contributed by atoms with E-state index in [2.05, 4.69) is 22.5 Å². The van der Waals surface area contributed by atoms with Gasteiger partial charge in [-0.25, -0.2) is 0 Å². The zero-order valence-corrected chi connectivity index (χ0v) is 11.1. The van der Waals surface area contributed by atoms with E-state index >= 15 is 0 Å². The largest absolute Gasteiger partial charge is 0.350 e. The second kappa shape index (κ2) is 5.48. The quantitative estimate of drug-likeness (QED) is 0.845. The maximum absolute atomic E-state index is 12.3. The molecule has 1 atom stereocenters. The second-order valence-electron chi connectivity index (χ2n) is 5.01. The Hall–Kier alpha value is -1.42. The van der Waals surface area contributed by atoms with Crippen molar-refractivity contribution in [2.75, 3.05) is 13.1 Å². The Balaban J connectivity index is 1.95. The fourth-order valence-electron chi connectivity index (χ4n) is 2.46. The molecule has 4 nitrogen and oxygen atoms in total. The van der Waals surface area contributed by atoms with Gasteiger partial charge >= 0.3 is 0 Å². The van der Waals surface area contributed by atoms with Crippen molar-refractivity contribution in [3.05, 3.63) is 29.6 Å².